The maximum Gasteiger partial charge on any atom is 0.509 e. The quantitative estimate of drug-likeness (QED) is 0.442. The smallest absolute Gasteiger partial charge is 0.434 e. The Labute approximate surface area is 112 Å². The minimum absolute atomic E-state index is 0.419. The first-order chi connectivity index (χ1) is 8.49. The van der Waals surface area contributed by atoms with Crippen LogP contribution in [0, 0.1) is 5.92 Å². The maximum absolute atomic E-state index is 11.7. The minimum atomic E-state index is -0.572. The van der Waals surface area contributed by atoms with Gasteiger partial charge in [0, 0.05) is 0 Å². The first-order valence-electron chi connectivity index (χ1n) is 6.99. The summed E-state index contributed by atoms with van der Waals surface area (Å²) in [5, 5.41) is 0. The number of hydrogen-bond acceptors (Lipinski definition) is 3. The average Bonchev–Trinajstić information content (AvgIpc) is 2.29. The lowest BCUT2D eigenvalue weighted by Gasteiger charge is -2.29. The normalized spacial score (nSPS) is 11.4. The van der Waals surface area contributed by atoms with Gasteiger partial charge in [-0.2, -0.15) is 0 Å². The van der Waals surface area contributed by atoms with Gasteiger partial charge in [0.25, 0.3) is 0 Å². The third-order valence-corrected chi connectivity index (χ3v) is 2.92. The molecule has 0 aromatic heterocycles. The number of carbonyl (C=O) groups excluding carboxylic acids is 1. The average molecular weight is 256 g/mol. The van der Waals surface area contributed by atoms with E-state index in [2.05, 4.69) is 34.3 Å². The summed E-state index contributed by atoms with van der Waals surface area (Å²) in [6, 6.07) is 0. The van der Waals surface area contributed by atoms with Crippen LogP contribution in [0.1, 0.15) is 59.8 Å². The van der Waals surface area contributed by atoms with Gasteiger partial charge in [0.1, 0.15) is 5.60 Å². The molecule has 18 heavy (non-hydrogen) atoms. The standard InChI is InChI=1S/C15H28O3/c1-6-10-15(8-3,11-7-2)18-14(16)17-12-9-13(4)5/h8,13H,3,6-7,9-12H2,1-2,4-5H3. The molecular formula is C15H28O3. The number of hydrogen-bond donors (Lipinski definition) is 0. The van der Waals surface area contributed by atoms with Gasteiger partial charge in [-0.3, -0.25) is 0 Å². The maximum atomic E-state index is 11.7. The third kappa shape index (κ3) is 6.67. The van der Waals surface area contributed by atoms with Crippen molar-refractivity contribution in [3.63, 3.8) is 0 Å². The van der Waals surface area contributed by atoms with Gasteiger partial charge in [-0.1, -0.05) is 47.1 Å². The molecule has 3 nitrogen and oxygen atoms in total. The van der Waals surface area contributed by atoms with E-state index in [4.69, 9.17) is 9.47 Å². The summed E-state index contributed by atoms with van der Waals surface area (Å²) < 4.78 is 10.6. The fraction of sp³-hybridized carbons (Fsp3) is 0.800. The van der Waals surface area contributed by atoms with Crippen LogP contribution in [0.3, 0.4) is 0 Å². The number of ether oxygens (including phenoxy) is 2. The van der Waals surface area contributed by atoms with Crippen molar-refractivity contribution < 1.29 is 14.3 Å². The van der Waals surface area contributed by atoms with Gasteiger partial charge >= 0.3 is 6.16 Å². The van der Waals surface area contributed by atoms with Crippen molar-refractivity contribution in [1.82, 2.24) is 0 Å². The van der Waals surface area contributed by atoms with Crippen molar-refractivity contribution >= 4 is 6.16 Å². The Morgan fingerprint density at radius 3 is 2.22 bits per heavy atom. The molecule has 0 aromatic carbocycles. The Morgan fingerprint density at radius 1 is 1.28 bits per heavy atom. The van der Waals surface area contributed by atoms with Crippen LogP contribution in [0.2, 0.25) is 0 Å². The molecule has 0 heterocycles. The number of rotatable bonds is 9. The zero-order valence-corrected chi connectivity index (χ0v) is 12.3. The SMILES string of the molecule is C=CC(CCC)(CCC)OC(=O)OCCC(C)C. The van der Waals surface area contributed by atoms with Gasteiger partial charge in [0.05, 0.1) is 6.61 Å². The molecular weight excluding hydrogens is 228 g/mol. The fourth-order valence-electron chi connectivity index (χ4n) is 1.89. The van der Waals surface area contributed by atoms with E-state index >= 15 is 0 Å². The Morgan fingerprint density at radius 2 is 1.83 bits per heavy atom. The van der Waals surface area contributed by atoms with E-state index in [1.807, 2.05) is 0 Å². The highest BCUT2D eigenvalue weighted by molar-refractivity contribution is 5.60. The second kappa shape index (κ2) is 9.01. The molecule has 0 bridgehead atoms. The van der Waals surface area contributed by atoms with Gasteiger partial charge in [-0.15, -0.1) is 0 Å². The lowest BCUT2D eigenvalue weighted by Crippen LogP contribution is -2.33. The zero-order valence-electron chi connectivity index (χ0n) is 12.3. The van der Waals surface area contributed by atoms with Crippen molar-refractivity contribution in [1.29, 1.82) is 0 Å². The largest absolute Gasteiger partial charge is 0.509 e. The van der Waals surface area contributed by atoms with Crippen LogP contribution in [0.5, 0.6) is 0 Å². The Bertz CT molecular complexity index is 240. The lowest BCUT2D eigenvalue weighted by atomic mass is 9.93. The summed E-state index contributed by atoms with van der Waals surface area (Å²) in [4.78, 5) is 11.7. The Kier molecular flexibility index (Phi) is 8.51. The Hall–Kier alpha value is -0.990. The second-order valence-corrected chi connectivity index (χ2v) is 5.15. The molecule has 0 rings (SSSR count). The first kappa shape index (κ1) is 17.0. The molecule has 0 amide bonds. The molecule has 0 spiro atoms. The van der Waals surface area contributed by atoms with Crippen molar-refractivity contribution in [3.05, 3.63) is 12.7 Å². The molecule has 0 aromatic rings. The predicted octanol–water partition coefficient (Wildman–Crippen LogP) is 4.71. The van der Waals surface area contributed by atoms with E-state index in [-0.39, 0.29) is 0 Å². The molecule has 0 N–H and O–H groups in total. The van der Waals surface area contributed by atoms with Gasteiger partial charge in [-0.05, 0) is 31.3 Å². The molecule has 0 unspecified atom stereocenters. The van der Waals surface area contributed by atoms with E-state index < -0.39 is 11.8 Å². The molecule has 3 heteroatoms. The highest BCUT2D eigenvalue weighted by Gasteiger charge is 2.29. The van der Waals surface area contributed by atoms with Gasteiger partial charge < -0.3 is 9.47 Å². The number of carbonyl (C=O) groups is 1. The molecule has 0 atom stereocenters. The highest BCUT2D eigenvalue weighted by atomic mass is 16.7. The molecule has 106 valence electrons. The third-order valence-electron chi connectivity index (χ3n) is 2.92. The topological polar surface area (TPSA) is 35.5 Å². The Balaban J connectivity index is 4.29. The van der Waals surface area contributed by atoms with E-state index in [9.17, 15) is 4.79 Å². The zero-order chi connectivity index (χ0) is 14.0. The van der Waals surface area contributed by atoms with Crippen LogP contribution >= 0.6 is 0 Å². The molecule has 0 saturated heterocycles. The highest BCUT2D eigenvalue weighted by Crippen LogP contribution is 2.26. The van der Waals surface area contributed by atoms with E-state index in [1.165, 1.54) is 0 Å². The minimum Gasteiger partial charge on any atom is -0.434 e. The molecule has 0 aliphatic carbocycles. The van der Waals surface area contributed by atoms with E-state index in [0.717, 1.165) is 32.1 Å². The molecule has 0 aliphatic rings. The van der Waals surface area contributed by atoms with E-state index in [1.54, 1.807) is 6.08 Å². The van der Waals surface area contributed by atoms with Crippen LogP contribution in [-0.4, -0.2) is 18.4 Å². The molecule has 0 saturated carbocycles. The second-order valence-electron chi connectivity index (χ2n) is 5.15. The van der Waals surface area contributed by atoms with E-state index in [0.29, 0.717) is 12.5 Å². The van der Waals surface area contributed by atoms with Crippen molar-refractivity contribution in [2.45, 2.75) is 65.4 Å². The van der Waals surface area contributed by atoms with Gasteiger partial charge in [-0.25, -0.2) is 4.79 Å². The summed E-state index contributed by atoms with van der Waals surface area (Å²) >= 11 is 0. The predicted molar refractivity (Wildman–Crippen MR) is 74.6 cm³/mol. The summed E-state index contributed by atoms with van der Waals surface area (Å²) in [7, 11) is 0. The van der Waals surface area contributed by atoms with Gasteiger partial charge in [0.2, 0.25) is 0 Å². The summed E-state index contributed by atoms with van der Waals surface area (Å²) in [5.74, 6) is 0.522. The summed E-state index contributed by atoms with van der Waals surface area (Å²) in [6.45, 7) is 12.5. The van der Waals surface area contributed by atoms with Crippen molar-refractivity contribution in [2.24, 2.45) is 5.92 Å². The van der Waals surface area contributed by atoms with Crippen molar-refractivity contribution in [3.8, 4) is 0 Å². The molecule has 0 radical (unpaired) electrons. The van der Waals surface area contributed by atoms with Gasteiger partial charge in [0.15, 0.2) is 0 Å². The fourth-order valence-corrected chi connectivity index (χ4v) is 1.89. The van der Waals surface area contributed by atoms with Crippen LogP contribution in [0.4, 0.5) is 4.79 Å². The lowest BCUT2D eigenvalue weighted by molar-refractivity contribution is -0.0203. The summed E-state index contributed by atoms with van der Waals surface area (Å²) in [6.07, 6.45) is 5.52. The van der Waals surface area contributed by atoms with Crippen molar-refractivity contribution in [2.75, 3.05) is 6.61 Å². The first-order valence-corrected chi connectivity index (χ1v) is 6.99. The molecule has 0 aliphatic heterocycles. The van der Waals surface area contributed by atoms with Crippen LogP contribution in [0.15, 0.2) is 12.7 Å². The van der Waals surface area contributed by atoms with Crippen LogP contribution < -0.4 is 0 Å². The molecule has 0 fully saturated rings. The summed E-state index contributed by atoms with van der Waals surface area (Å²) in [5.41, 5.74) is -0.557. The monoisotopic (exact) mass is 256 g/mol. The van der Waals surface area contributed by atoms with Crippen LogP contribution in [-0.2, 0) is 9.47 Å². The van der Waals surface area contributed by atoms with Crippen LogP contribution in [0.25, 0.3) is 0 Å².